The molecule has 0 amide bonds. The molecule has 0 spiro atoms. The van der Waals surface area contributed by atoms with Crippen LogP contribution in [0, 0.1) is 0 Å². The van der Waals surface area contributed by atoms with E-state index in [0.29, 0.717) is 0 Å². The average molecular weight is 212 g/mol. The van der Waals surface area contributed by atoms with Gasteiger partial charge in [-0.05, 0) is 0 Å². The molecular formula is H5O7PS2. The first-order valence-electron chi connectivity index (χ1n) is 1.48. The third-order valence-electron chi connectivity index (χ3n) is 0. The Balaban J connectivity index is 0. The van der Waals surface area contributed by atoms with E-state index < -0.39 is 16.9 Å². The second-order valence-electron chi connectivity index (χ2n) is 0.961. The summed E-state index contributed by atoms with van der Waals surface area (Å²) in [5, 5.41) is 0. The van der Waals surface area contributed by atoms with Crippen molar-refractivity contribution in [3.05, 3.63) is 0 Å². The molecule has 0 bridgehead atoms. The Morgan fingerprint density at radius 1 is 1.20 bits per heavy atom. The van der Waals surface area contributed by atoms with Crippen LogP contribution in [0.5, 0.6) is 0 Å². The van der Waals surface area contributed by atoms with Crippen LogP contribution >= 0.6 is 7.82 Å². The van der Waals surface area contributed by atoms with E-state index >= 15 is 0 Å². The predicted molar refractivity (Wildman–Crippen MR) is 35.0 cm³/mol. The molecule has 0 aromatic carbocycles. The van der Waals surface area contributed by atoms with Crippen molar-refractivity contribution >= 4 is 28.1 Å². The quantitative estimate of drug-likeness (QED) is 0.314. The molecule has 5 N–H and O–H groups in total. The highest BCUT2D eigenvalue weighted by Gasteiger charge is 2.00. The van der Waals surface area contributed by atoms with Crippen molar-refractivity contribution in [2.45, 2.75) is 0 Å². The first-order chi connectivity index (χ1) is 4.00. The van der Waals surface area contributed by atoms with Crippen molar-refractivity contribution in [3.8, 4) is 0 Å². The second-order valence-corrected chi connectivity index (χ2v) is 4.19. The lowest BCUT2D eigenvalue weighted by atomic mass is 15.8. The zero-order chi connectivity index (χ0) is 9.00. The molecule has 0 aromatic rings. The van der Waals surface area contributed by atoms with Gasteiger partial charge in [-0.2, -0.15) is 4.21 Å². The highest BCUT2D eigenvalue weighted by atomic mass is 32.9. The van der Waals surface area contributed by atoms with Crippen LogP contribution in [0.1, 0.15) is 0 Å². The summed E-state index contributed by atoms with van der Waals surface area (Å²) in [5.74, 6) is 0. The van der Waals surface area contributed by atoms with Gasteiger partial charge in [0.1, 0.15) is 0 Å². The van der Waals surface area contributed by atoms with E-state index in [1.54, 1.807) is 0 Å². The minimum atomic E-state index is -4.64. The fourth-order valence-electron chi connectivity index (χ4n) is 0. The van der Waals surface area contributed by atoms with Crippen LogP contribution in [0.25, 0.3) is 0 Å². The summed E-state index contributed by atoms with van der Waals surface area (Å²) < 4.78 is 32.8. The van der Waals surface area contributed by atoms with Gasteiger partial charge in [-0.3, -0.25) is 9.11 Å². The van der Waals surface area contributed by atoms with Crippen molar-refractivity contribution in [1.82, 2.24) is 0 Å². The summed E-state index contributed by atoms with van der Waals surface area (Å²) in [4.78, 5) is 21.6. The fraction of sp³-hybridized carbons (Fsp3) is 0. The lowest BCUT2D eigenvalue weighted by Crippen LogP contribution is -1.86. The summed E-state index contributed by atoms with van der Waals surface area (Å²) in [6, 6.07) is 0. The Morgan fingerprint density at radius 2 is 1.20 bits per heavy atom. The molecule has 0 heterocycles. The summed E-state index contributed by atoms with van der Waals surface area (Å²) >= 11 is 3.47. The van der Waals surface area contributed by atoms with Gasteiger partial charge in [0, 0.05) is 11.2 Å². The Bertz CT molecular complexity index is 189. The van der Waals surface area contributed by atoms with Gasteiger partial charge in [-0.1, -0.05) is 0 Å². The van der Waals surface area contributed by atoms with Crippen LogP contribution in [0.3, 0.4) is 0 Å². The molecule has 0 radical (unpaired) electrons. The molecule has 10 heavy (non-hydrogen) atoms. The average Bonchev–Trinajstić information content (AvgIpc) is 1.12. The molecule has 0 saturated carbocycles. The zero-order valence-electron chi connectivity index (χ0n) is 4.32. The molecule has 0 aromatic heterocycles. The molecule has 10 heteroatoms. The van der Waals surface area contributed by atoms with Crippen LogP contribution in [0.15, 0.2) is 0 Å². The van der Waals surface area contributed by atoms with Gasteiger partial charge in [0.15, 0.2) is 0 Å². The van der Waals surface area contributed by atoms with Gasteiger partial charge in [-0.15, -0.1) is 0 Å². The third-order valence-corrected chi connectivity index (χ3v) is 0. The van der Waals surface area contributed by atoms with Crippen LogP contribution in [-0.4, -0.2) is 28.0 Å². The first kappa shape index (κ1) is 13.0. The Morgan fingerprint density at radius 3 is 1.20 bits per heavy atom. The molecule has 0 rings (SSSR count). The first-order valence-corrected chi connectivity index (χ1v) is 5.44. The molecule has 0 atom stereocenters. The van der Waals surface area contributed by atoms with Crippen molar-refractivity contribution in [1.29, 1.82) is 0 Å². The van der Waals surface area contributed by atoms with E-state index in [4.69, 9.17) is 32.6 Å². The lowest BCUT2D eigenvalue weighted by Gasteiger charge is -1.82. The third kappa shape index (κ3) is 2870. The molecule has 0 aliphatic rings. The van der Waals surface area contributed by atoms with E-state index in [1.165, 1.54) is 0 Å². The lowest BCUT2D eigenvalue weighted by molar-refractivity contribution is 0.275. The molecule has 0 unspecified atom stereocenters. The second kappa shape index (κ2) is 4.31. The number of rotatable bonds is 0. The van der Waals surface area contributed by atoms with Crippen LogP contribution in [0.2, 0.25) is 0 Å². The van der Waals surface area contributed by atoms with Crippen molar-refractivity contribution < 1.29 is 32.6 Å². The van der Waals surface area contributed by atoms with Gasteiger partial charge in [-0.25, -0.2) is 4.57 Å². The number of hydrogen-bond donors (Lipinski definition) is 5. The summed E-state index contributed by atoms with van der Waals surface area (Å²) in [5.41, 5.74) is 0. The van der Waals surface area contributed by atoms with Crippen molar-refractivity contribution in [3.63, 3.8) is 0 Å². The smallest absolute Gasteiger partial charge is 0.303 e. The summed E-state index contributed by atoms with van der Waals surface area (Å²) in [6.07, 6.45) is 0. The number of phosphoric acid groups is 1. The van der Waals surface area contributed by atoms with Crippen molar-refractivity contribution in [2.24, 2.45) is 0 Å². The Kier molecular flexibility index (Phi) is 5.62. The van der Waals surface area contributed by atoms with Crippen molar-refractivity contribution in [2.75, 3.05) is 0 Å². The Labute approximate surface area is 61.3 Å². The zero-order valence-corrected chi connectivity index (χ0v) is 6.84. The SMILES string of the molecule is O=P(O)(O)O.O=S(O)(O)=S. The van der Waals surface area contributed by atoms with Gasteiger partial charge in [0.2, 0.25) is 0 Å². The van der Waals surface area contributed by atoms with Crippen LogP contribution in [0.4, 0.5) is 0 Å². The van der Waals surface area contributed by atoms with Gasteiger partial charge >= 0.3 is 7.82 Å². The Hall–Kier alpha value is 0.400. The van der Waals surface area contributed by atoms with Crippen LogP contribution in [-0.2, 0) is 24.8 Å². The molecule has 0 aliphatic carbocycles. The fourth-order valence-corrected chi connectivity index (χ4v) is 0. The minimum absolute atomic E-state index is 3.47. The normalized spacial score (nSPS) is 11.7. The minimum Gasteiger partial charge on any atom is -0.303 e. The molecule has 7 nitrogen and oxygen atoms in total. The molecular weight excluding hydrogens is 207 g/mol. The van der Waals surface area contributed by atoms with E-state index in [-0.39, 0.29) is 0 Å². The molecule has 0 aliphatic heterocycles. The summed E-state index contributed by atoms with van der Waals surface area (Å²) in [7, 11) is -8.47. The summed E-state index contributed by atoms with van der Waals surface area (Å²) in [6.45, 7) is 0. The maximum absolute atomic E-state index is 9.11. The predicted octanol–water partition coefficient (Wildman–Crippen LogP) is -1.25. The van der Waals surface area contributed by atoms with E-state index in [2.05, 4.69) is 11.2 Å². The van der Waals surface area contributed by atoms with Crippen LogP contribution < -0.4 is 0 Å². The standard InChI is InChI=1S/H3O4P.H2O3S2/c2*1-5(2,3)4/h(H3,1,2,3,4);(H2,1,2,3,4). The molecule has 0 saturated heterocycles. The monoisotopic (exact) mass is 212 g/mol. The highest BCUT2D eigenvalue weighted by molar-refractivity contribution is 8.26. The van der Waals surface area contributed by atoms with E-state index in [1.807, 2.05) is 0 Å². The maximum atomic E-state index is 9.11. The maximum Gasteiger partial charge on any atom is 0.466 e. The molecule has 0 fully saturated rings. The van der Waals surface area contributed by atoms with Gasteiger partial charge in [0.05, 0.1) is 0 Å². The van der Waals surface area contributed by atoms with Gasteiger partial charge < -0.3 is 14.7 Å². The largest absolute Gasteiger partial charge is 0.466 e. The van der Waals surface area contributed by atoms with Gasteiger partial charge in [0.25, 0.3) is 9.05 Å². The molecule has 64 valence electrons. The van der Waals surface area contributed by atoms with E-state index in [0.717, 1.165) is 0 Å². The number of hydrogen-bond acceptors (Lipinski definition) is 3. The van der Waals surface area contributed by atoms with E-state index in [9.17, 15) is 0 Å². The topological polar surface area (TPSA) is 135 Å². The highest BCUT2D eigenvalue weighted by Crippen LogP contribution is 2.25.